The summed E-state index contributed by atoms with van der Waals surface area (Å²) in [4.78, 5) is 11.6. The van der Waals surface area contributed by atoms with Gasteiger partial charge in [0.25, 0.3) is 5.95 Å². The van der Waals surface area contributed by atoms with Crippen LogP contribution in [0.1, 0.15) is 23.6 Å². The molecule has 2 aromatic carbocycles. The number of methoxy groups -OCH3 is 4. The topological polar surface area (TPSA) is 151 Å². The molecular weight excluding hydrogens is 476 g/mol. The highest BCUT2D eigenvalue weighted by molar-refractivity contribution is 5.70. The van der Waals surface area contributed by atoms with Crippen molar-refractivity contribution in [1.82, 2.24) is 0 Å². The predicted octanol–water partition coefficient (Wildman–Crippen LogP) is -0.0779. The Kier molecular flexibility index (Phi) is 7.44. The Hall–Kier alpha value is -3.22. The molecule has 1 unspecified atom stereocenters. The lowest BCUT2D eigenvalue weighted by Crippen LogP contribution is -2.64. The number of rotatable bonds is 9. The lowest BCUT2D eigenvalue weighted by molar-refractivity contribution is -1.92. The maximum absolute atomic E-state index is 11.8. The number of ether oxygens (including phenoxy) is 6. The van der Waals surface area contributed by atoms with Gasteiger partial charge < -0.3 is 28.4 Å². The van der Waals surface area contributed by atoms with Crippen molar-refractivity contribution in [3.63, 3.8) is 0 Å². The second-order valence-corrected chi connectivity index (χ2v) is 7.94. The molecule has 1 aliphatic rings. The molecule has 0 aromatic heterocycles. The Morgan fingerprint density at radius 3 is 2.06 bits per heavy atom. The van der Waals surface area contributed by atoms with Crippen molar-refractivity contribution < 1.29 is 61.7 Å². The molecule has 0 fully saturated rings. The van der Waals surface area contributed by atoms with E-state index in [1.807, 2.05) is 0 Å². The van der Waals surface area contributed by atoms with Crippen LogP contribution in [-0.4, -0.2) is 34.4 Å². The first-order valence-corrected chi connectivity index (χ1v) is 11.0. The lowest BCUT2D eigenvalue weighted by atomic mass is 9.91. The Morgan fingerprint density at radius 1 is 0.912 bits per heavy atom. The molecule has 0 radical (unpaired) electrons. The summed E-state index contributed by atoms with van der Waals surface area (Å²) in [5.41, 5.74) is 0.864. The second kappa shape index (κ2) is 9.95. The van der Waals surface area contributed by atoms with E-state index in [9.17, 15) is 18.8 Å². The average molecular weight is 499 g/mol. The van der Waals surface area contributed by atoms with E-state index in [-0.39, 0.29) is 23.7 Å². The zero-order valence-corrected chi connectivity index (χ0v) is 19.8. The molecule has 0 aliphatic carbocycles. The fraction of sp³-hybridized carbons (Fsp3) is 0.318. The molecule has 0 bridgehead atoms. The lowest BCUT2D eigenvalue weighted by Gasteiger charge is -2.34. The molecule has 1 aliphatic heterocycles. The number of hydrogen-bond donors (Lipinski definition) is 0. The van der Waals surface area contributed by atoms with Crippen LogP contribution in [-0.2, 0) is 30.8 Å². The summed E-state index contributed by atoms with van der Waals surface area (Å²) in [6.45, 7) is 1.13. The van der Waals surface area contributed by atoms with E-state index >= 15 is 0 Å². The Balaban J connectivity index is 2.24. The molecule has 0 N–H and O–H groups in total. The van der Waals surface area contributed by atoms with Crippen LogP contribution in [0.25, 0.3) is 6.08 Å². The molecule has 1 heterocycles. The van der Waals surface area contributed by atoms with Crippen molar-refractivity contribution in [2.75, 3.05) is 28.4 Å². The largest absolute Gasteiger partial charge is 0.493 e. The van der Waals surface area contributed by atoms with Crippen molar-refractivity contribution in [3.8, 4) is 23.0 Å². The third-order valence-corrected chi connectivity index (χ3v) is 5.29. The van der Waals surface area contributed by atoms with Crippen molar-refractivity contribution >= 4 is 12.0 Å². The van der Waals surface area contributed by atoms with Crippen LogP contribution >= 0.6 is 0 Å². The molecule has 2 aromatic rings. The van der Waals surface area contributed by atoms with Gasteiger partial charge in [0.15, 0.2) is 23.0 Å². The van der Waals surface area contributed by atoms with Crippen molar-refractivity contribution in [2.45, 2.75) is 19.1 Å². The molecule has 12 heteroatoms. The molecule has 184 valence electrons. The SMILES string of the molecule is COc1ccc(CC2(O[Cl+3]([O-])([O-])[O-])OC(OC(C)=O)=Cc3cc(OC)c(OC)cc32)cc1OC. The number of carbonyl (C=O) groups excluding carboxylic acids is 1. The van der Waals surface area contributed by atoms with E-state index < -0.39 is 22.0 Å². The van der Waals surface area contributed by atoms with Crippen LogP contribution in [0.2, 0.25) is 0 Å². The number of esters is 1. The highest BCUT2D eigenvalue weighted by Gasteiger charge is 2.55. The summed E-state index contributed by atoms with van der Waals surface area (Å²) in [6.07, 6.45) is 1.02. The van der Waals surface area contributed by atoms with Gasteiger partial charge in [0, 0.05) is 13.0 Å². The van der Waals surface area contributed by atoms with E-state index in [1.165, 1.54) is 46.6 Å². The highest BCUT2D eigenvalue weighted by Crippen LogP contribution is 2.46. The van der Waals surface area contributed by atoms with Crippen LogP contribution in [0.3, 0.4) is 0 Å². The van der Waals surface area contributed by atoms with E-state index in [1.54, 1.807) is 18.2 Å². The maximum atomic E-state index is 11.8. The van der Waals surface area contributed by atoms with Gasteiger partial charge in [-0.25, -0.2) is 0 Å². The minimum absolute atomic E-state index is 0.114. The van der Waals surface area contributed by atoms with E-state index in [2.05, 4.69) is 0 Å². The molecule has 0 saturated heterocycles. The van der Waals surface area contributed by atoms with Gasteiger partial charge in [0.1, 0.15) is 4.29 Å². The van der Waals surface area contributed by atoms with Gasteiger partial charge >= 0.3 is 11.8 Å². The second-order valence-electron chi connectivity index (χ2n) is 7.03. The van der Waals surface area contributed by atoms with Crippen LogP contribution in [0.15, 0.2) is 36.3 Å². The van der Waals surface area contributed by atoms with Crippen LogP contribution < -0.4 is 32.9 Å². The molecule has 0 amide bonds. The molecule has 3 rings (SSSR count). The first kappa shape index (κ1) is 25.4. The number of halogens is 1. The van der Waals surface area contributed by atoms with Crippen LogP contribution in [0, 0.1) is 10.2 Å². The zero-order chi connectivity index (χ0) is 25.1. The Labute approximate surface area is 197 Å². The molecular formula is C22H23ClO11. The van der Waals surface area contributed by atoms with Crippen LogP contribution in [0.5, 0.6) is 23.0 Å². The summed E-state index contributed by atoms with van der Waals surface area (Å²) in [6, 6.07) is 7.67. The Morgan fingerprint density at radius 2 is 1.50 bits per heavy atom. The molecule has 1 atom stereocenters. The summed E-state index contributed by atoms with van der Waals surface area (Å²) in [5, 5.41) is 0. The molecule has 34 heavy (non-hydrogen) atoms. The van der Waals surface area contributed by atoms with Gasteiger partial charge in [-0.15, -0.1) is 0 Å². The normalized spacial score (nSPS) is 17.1. The molecule has 0 saturated carbocycles. The average Bonchev–Trinajstić information content (AvgIpc) is 2.76. The third-order valence-electron chi connectivity index (χ3n) is 4.85. The first-order chi connectivity index (χ1) is 16.0. The Bertz CT molecular complexity index is 1090. The van der Waals surface area contributed by atoms with E-state index in [4.69, 9.17) is 32.7 Å². The smallest absolute Gasteiger partial charge is 0.395 e. The summed E-state index contributed by atoms with van der Waals surface area (Å²) in [7, 11) is 0.671. The monoisotopic (exact) mass is 498 g/mol. The molecule has 0 spiro atoms. The van der Waals surface area contributed by atoms with Gasteiger partial charge in [-0.3, -0.25) is 4.79 Å². The predicted molar refractivity (Wildman–Crippen MR) is 106 cm³/mol. The third kappa shape index (κ3) is 5.46. The summed E-state index contributed by atoms with van der Waals surface area (Å²) in [5.74, 6) is -2.11. The zero-order valence-electron chi connectivity index (χ0n) is 19.0. The minimum atomic E-state index is -5.01. The summed E-state index contributed by atoms with van der Waals surface area (Å²) >= 11 is 0. The van der Waals surface area contributed by atoms with E-state index in [0.29, 0.717) is 28.4 Å². The number of carbonyl (C=O) groups is 1. The van der Waals surface area contributed by atoms with Crippen molar-refractivity contribution in [1.29, 1.82) is 0 Å². The van der Waals surface area contributed by atoms with Gasteiger partial charge in [-0.1, -0.05) is 6.07 Å². The quantitative estimate of drug-likeness (QED) is 0.427. The number of hydrogen-bond acceptors (Lipinski definition) is 11. The fourth-order valence-corrected chi connectivity index (χ4v) is 4.01. The van der Waals surface area contributed by atoms with Gasteiger partial charge in [-0.05, 0) is 35.4 Å². The van der Waals surface area contributed by atoms with Crippen LogP contribution in [0.4, 0.5) is 0 Å². The van der Waals surface area contributed by atoms with Crippen molar-refractivity contribution in [3.05, 3.63) is 53.0 Å². The number of fused-ring (bicyclic) bond motifs is 1. The summed E-state index contributed by atoms with van der Waals surface area (Å²) < 4.78 is 72.4. The van der Waals surface area contributed by atoms with Gasteiger partial charge in [0.2, 0.25) is 0 Å². The molecule has 11 nitrogen and oxygen atoms in total. The minimum Gasteiger partial charge on any atom is -0.493 e. The van der Waals surface area contributed by atoms with Gasteiger partial charge in [0.05, 0.1) is 50.7 Å². The van der Waals surface area contributed by atoms with Crippen molar-refractivity contribution in [2.24, 2.45) is 0 Å². The number of benzene rings is 2. The highest BCUT2D eigenvalue weighted by atomic mass is 35.7. The fourth-order valence-electron chi connectivity index (χ4n) is 3.54. The standard InChI is InChI=1S/C22H23ClO11/c1-13(24)32-21-10-15-9-19(30-4)20(31-5)11-16(15)22(33-21,34-23(25,26)27)12-14-6-7-17(28-2)18(8-14)29-3/h6-11H,12H2,1-5H3. The maximum Gasteiger partial charge on any atom is 0.395 e. The van der Waals surface area contributed by atoms with Gasteiger partial charge in [-0.2, -0.15) is 14.0 Å². The first-order valence-electron chi connectivity index (χ1n) is 9.72. The van der Waals surface area contributed by atoms with E-state index in [0.717, 1.165) is 6.92 Å².